The summed E-state index contributed by atoms with van der Waals surface area (Å²) in [5.74, 6) is -0.922. The van der Waals surface area contributed by atoms with Crippen LogP contribution in [0.5, 0.6) is 0 Å². The van der Waals surface area contributed by atoms with Crippen molar-refractivity contribution in [1.82, 2.24) is 5.32 Å². The Labute approximate surface area is 94.3 Å². The number of aliphatic carboxylic acids is 1. The van der Waals surface area contributed by atoms with Crippen molar-refractivity contribution >= 4 is 5.97 Å². The number of carboxylic acids is 1. The monoisotopic (exact) mass is 217 g/mol. The summed E-state index contributed by atoms with van der Waals surface area (Å²) in [6.07, 6.45) is 2.63. The van der Waals surface area contributed by atoms with Gasteiger partial charge in [0.15, 0.2) is 0 Å². The third-order valence-electron chi connectivity index (χ3n) is 2.34. The summed E-state index contributed by atoms with van der Waals surface area (Å²) < 4.78 is 0. The van der Waals surface area contributed by atoms with Gasteiger partial charge in [-0.3, -0.25) is 4.79 Å². The Morgan fingerprint density at radius 3 is 2.00 bits per heavy atom. The fraction of sp³-hybridized carbons (Fsp3) is 0.917. The predicted molar refractivity (Wildman–Crippen MR) is 65.1 cm³/mol. The van der Waals surface area contributed by atoms with Gasteiger partial charge in [0.2, 0.25) is 0 Å². The molecule has 0 fully saturated rings. The van der Waals surface area contributed by atoms with Crippen LogP contribution in [0.4, 0.5) is 0 Å². The zero-order chi connectivity index (χ0) is 12.3. The third kappa shape index (κ3) is 7.37. The number of hydrogen-bond donors (Lipinski definition) is 2. The van der Waals surface area contributed by atoms with Gasteiger partial charge in [0, 0.05) is 6.04 Å². The van der Waals surface area contributed by atoms with Crippen molar-refractivity contribution in [3.8, 4) is 0 Å². The Morgan fingerprint density at radius 1 is 1.20 bits per heavy atom. The summed E-state index contributed by atoms with van der Waals surface area (Å²) in [7, 11) is 0. The van der Waals surface area contributed by atoms with Crippen molar-refractivity contribution in [2.75, 3.05) is 6.54 Å². The second-order valence-corrected chi connectivity index (χ2v) is 3.32. The molecular formula is C12H27NO2. The van der Waals surface area contributed by atoms with Gasteiger partial charge in [-0.2, -0.15) is 0 Å². The van der Waals surface area contributed by atoms with Gasteiger partial charge >= 0.3 is 5.97 Å². The van der Waals surface area contributed by atoms with Gasteiger partial charge in [-0.25, -0.2) is 0 Å². The molecule has 0 spiro atoms. The average molecular weight is 217 g/mol. The topological polar surface area (TPSA) is 49.3 Å². The highest BCUT2D eigenvalue weighted by atomic mass is 16.4. The molecule has 0 saturated carbocycles. The predicted octanol–water partition coefficient (Wildman–Crippen LogP) is 2.90. The number of hydrogen-bond acceptors (Lipinski definition) is 2. The molecule has 0 saturated heterocycles. The van der Waals surface area contributed by atoms with Gasteiger partial charge in [0.05, 0.1) is 5.92 Å². The lowest BCUT2D eigenvalue weighted by atomic mass is 9.95. The van der Waals surface area contributed by atoms with Crippen molar-refractivity contribution < 1.29 is 9.90 Å². The van der Waals surface area contributed by atoms with E-state index in [1.54, 1.807) is 0 Å². The molecule has 3 heteroatoms. The molecule has 92 valence electrons. The maximum Gasteiger partial charge on any atom is 0.308 e. The first-order valence-electron chi connectivity index (χ1n) is 6.13. The van der Waals surface area contributed by atoms with Crippen LogP contribution in [-0.2, 0) is 4.79 Å². The Balaban J connectivity index is 0. The van der Waals surface area contributed by atoms with Crippen molar-refractivity contribution in [3.05, 3.63) is 0 Å². The molecule has 0 aliphatic heterocycles. The zero-order valence-electron chi connectivity index (χ0n) is 10.8. The molecule has 15 heavy (non-hydrogen) atoms. The summed E-state index contributed by atoms with van der Waals surface area (Å²) in [5.41, 5.74) is 0. The molecule has 0 aromatic heterocycles. The molecule has 2 atom stereocenters. The Bertz CT molecular complexity index is 149. The molecule has 0 heterocycles. The van der Waals surface area contributed by atoms with E-state index < -0.39 is 5.97 Å². The molecule has 0 bridgehead atoms. The van der Waals surface area contributed by atoms with E-state index in [9.17, 15) is 4.79 Å². The summed E-state index contributed by atoms with van der Waals surface area (Å²) in [6, 6.07) is 0.127. The lowest BCUT2D eigenvalue weighted by Crippen LogP contribution is -2.39. The van der Waals surface area contributed by atoms with Crippen LogP contribution < -0.4 is 5.32 Å². The van der Waals surface area contributed by atoms with Gasteiger partial charge in [0.25, 0.3) is 0 Å². The Kier molecular flexibility index (Phi) is 12.9. The van der Waals surface area contributed by atoms with E-state index >= 15 is 0 Å². The molecule has 0 radical (unpaired) electrons. The van der Waals surface area contributed by atoms with Crippen LogP contribution in [0, 0.1) is 5.92 Å². The van der Waals surface area contributed by atoms with Gasteiger partial charge in [0.1, 0.15) is 0 Å². The van der Waals surface area contributed by atoms with E-state index in [0.717, 1.165) is 19.4 Å². The minimum absolute atomic E-state index is 0.127. The Morgan fingerprint density at radius 2 is 1.73 bits per heavy atom. The first kappa shape index (κ1) is 16.8. The minimum atomic E-state index is -0.682. The first-order chi connectivity index (χ1) is 7.17. The number of rotatable bonds is 7. The van der Waals surface area contributed by atoms with Crippen LogP contribution in [0.15, 0.2) is 0 Å². The number of carbonyl (C=O) groups is 1. The van der Waals surface area contributed by atoms with E-state index in [-0.39, 0.29) is 12.0 Å². The highest BCUT2D eigenvalue weighted by Gasteiger charge is 2.23. The van der Waals surface area contributed by atoms with Crippen LogP contribution in [-0.4, -0.2) is 23.7 Å². The van der Waals surface area contributed by atoms with Crippen molar-refractivity contribution in [2.45, 2.75) is 59.9 Å². The van der Waals surface area contributed by atoms with E-state index in [4.69, 9.17) is 5.11 Å². The maximum atomic E-state index is 10.9. The third-order valence-corrected chi connectivity index (χ3v) is 2.34. The summed E-state index contributed by atoms with van der Waals surface area (Å²) in [6.45, 7) is 10.9. The smallest absolute Gasteiger partial charge is 0.308 e. The van der Waals surface area contributed by atoms with Crippen LogP contribution in [0.1, 0.15) is 53.9 Å². The molecular weight excluding hydrogens is 190 g/mol. The molecule has 0 aliphatic carbocycles. The maximum absolute atomic E-state index is 10.9. The molecule has 2 N–H and O–H groups in total. The van der Waals surface area contributed by atoms with E-state index in [2.05, 4.69) is 12.2 Å². The first-order valence-corrected chi connectivity index (χ1v) is 6.13. The second-order valence-electron chi connectivity index (χ2n) is 3.32. The standard InChI is InChI=1S/C10H21NO2.C2H6/c1-4-7-11-9(6-3)8(5-2)10(12)13;1-2/h8-9,11H,4-7H2,1-3H3,(H,12,13);1-2H3. The van der Waals surface area contributed by atoms with E-state index in [0.29, 0.717) is 6.42 Å². The summed E-state index contributed by atoms with van der Waals surface area (Å²) >= 11 is 0. The van der Waals surface area contributed by atoms with Crippen LogP contribution >= 0.6 is 0 Å². The molecule has 0 aromatic carbocycles. The van der Waals surface area contributed by atoms with E-state index in [1.165, 1.54) is 0 Å². The van der Waals surface area contributed by atoms with Gasteiger partial charge in [-0.05, 0) is 25.8 Å². The van der Waals surface area contributed by atoms with Gasteiger partial charge in [-0.15, -0.1) is 0 Å². The van der Waals surface area contributed by atoms with E-state index in [1.807, 2.05) is 27.7 Å². The highest BCUT2D eigenvalue weighted by Crippen LogP contribution is 2.12. The highest BCUT2D eigenvalue weighted by molar-refractivity contribution is 5.70. The Hall–Kier alpha value is -0.570. The van der Waals surface area contributed by atoms with Crippen LogP contribution in [0.2, 0.25) is 0 Å². The summed E-state index contributed by atoms with van der Waals surface area (Å²) in [4.78, 5) is 10.9. The van der Waals surface area contributed by atoms with Crippen molar-refractivity contribution in [2.24, 2.45) is 5.92 Å². The molecule has 0 aliphatic rings. The SMILES string of the molecule is CC.CCCNC(CC)C(CC)C(=O)O. The van der Waals surface area contributed by atoms with Crippen molar-refractivity contribution in [3.63, 3.8) is 0 Å². The quantitative estimate of drug-likeness (QED) is 0.689. The van der Waals surface area contributed by atoms with Crippen LogP contribution in [0.25, 0.3) is 0 Å². The van der Waals surface area contributed by atoms with Gasteiger partial charge < -0.3 is 10.4 Å². The molecule has 0 rings (SSSR count). The zero-order valence-corrected chi connectivity index (χ0v) is 10.8. The fourth-order valence-electron chi connectivity index (χ4n) is 1.53. The molecule has 0 amide bonds. The van der Waals surface area contributed by atoms with Crippen LogP contribution in [0.3, 0.4) is 0 Å². The molecule has 2 unspecified atom stereocenters. The largest absolute Gasteiger partial charge is 0.481 e. The lowest BCUT2D eigenvalue weighted by molar-refractivity contribution is -0.142. The fourth-order valence-corrected chi connectivity index (χ4v) is 1.53. The molecule has 3 nitrogen and oxygen atoms in total. The number of nitrogens with one attached hydrogen (secondary N) is 1. The van der Waals surface area contributed by atoms with Crippen molar-refractivity contribution in [1.29, 1.82) is 0 Å². The lowest BCUT2D eigenvalue weighted by Gasteiger charge is -2.22. The minimum Gasteiger partial charge on any atom is -0.481 e. The normalized spacial score (nSPS) is 13.7. The average Bonchev–Trinajstić information content (AvgIpc) is 2.26. The second kappa shape index (κ2) is 11.5. The number of carboxylic acid groups (broad SMARTS) is 1. The molecule has 0 aromatic rings. The van der Waals surface area contributed by atoms with Gasteiger partial charge in [-0.1, -0.05) is 34.6 Å². The summed E-state index contributed by atoms with van der Waals surface area (Å²) in [5, 5.41) is 12.2.